The molecule has 0 radical (unpaired) electrons. The number of likely N-dealkylation sites (N-methyl/N-ethyl adjacent to an activating group) is 1. The standard InChI is InChI=1S/C10H15N3O5/c1-12(5-7(15)6-14)10-8(13(16)17)3-4-9(11-10)18-2/h3-4,7,14-15H,5-6H2,1-2H3. The molecule has 1 aromatic heterocycles. The molecule has 0 aliphatic heterocycles. The molecule has 0 amide bonds. The zero-order valence-electron chi connectivity index (χ0n) is 10.1. The van der Waals surface area contributed by atoms with E-state index in [4.69, 9.17) is 9.84 Å². The molecule has 1 rings (SSSR count). The maximum atomic E-state index is 10.9. The first-order valence-corrected chi connectivity index (χ1v) is 5.19. The Hall–Kier alpha value is -1.93. The normalized spacial score (nSPS) is 12.0. The molecular weight excluding hydrogens is 242 g/mol. The number of methoxy groups -OCH3 is 1. The van der Waals surface area contributed by atoms with Gasteiger partial charge in [-0.2, -0.15) is 4.98 Å². The van der Waals surface area contributed by atoms with Gasteiger partial charge in [-0.15, -0.1) is 0 Å². The fraction of sp³-hybridized carbons (Fsp3) is 0.500. The van der Waals surface area contributed by atoms with Gasteiger partial charge in [0.1, 0.15) is 0 Å². The van der Waals surface area contributed by atoms with Crippen LogP contribution in [0.25, 0.3) is 0 Å². The Balaban J connectivity index is 3.06. The summed E-state index contributed by atoms with van der Waals surface area (Å²) >= 11 is 0. The summed E-state index contributed by atoms with van der Waals surface area (Å²) in [5, 5.41) is 28.9. The summed E-state index contributed by atoms with van der Waals surface area (Å²) in [6, 6.07) is 2.67. The largest absolute Gasteiger partial charge is 0.481 e. The van der Waals surface area contributed by atoms with Crippen molar-refractivity contribution in [3.05, 3.63) is 22.2 Å². The molecule has 1 unspecified atom stereocenters. The van der Waals surface area contributed by atoms with E-state index in [1.165, 1.54) is 31.2 Å². The van der Waals surface area contributed by atoms with Crippen molar-refractivity contribution in [2.45, 2.75) is 6.10 Å². The van der Waals surface area contributed by atoms with Crippen LogP contribution in [0.5, 0.6) is 5.88 Å². The van der Waals surface area contributed by atoms with Crippen LogP contribution >= 0.6 is 0 Å². The molecule has 18 heavy (non-hydrogen) atoms. The number of pyridine rings is 1. The van der Waals surface area contributed by atoms with Crippen LogP contribution in [0.4, 0.5) is 11.5 Å². The zero-order valence-corrected chi connectivity index (χ0v) is 10.1. The molecule has 2 N–H and O–H groups in total. The summed E-state index contributed by atoms with van der Waals surface area (Å²) in [5.41, 5.74) is -0.191. The van der Waals surface area contributed by atoms with E-state index in [9.17, 15) is 15.2 Å². The van der Waals surface area contributed by atoms with Gasteiger partial charge in [0.05, 0.1) is 24.7 Å². The summed E-state index contributed by atoms with van der Waals surface area (Å²) in [6.45, 7) is -0.403. The summed E-state index contributed by atoms with van der Waals surface area (Å²) in [5.74, 6) is 0.313. The Bertz CT molecular complexity index is 426. The molecule has 0 saturated heterocycles. The van der Waals surface area contributed by atoms with Crippen LogP contribution in [0.2, 0.25) is 0 Å². The van der Waals surface area contributed by atoms with Crippen molar-refractivity contribution < 1.29 is 19.9 Å². The Kier molecular flexibility index (Phi) is 4.81. The van der Waals surface area contributed by atoms with E-state index in [0.29, 0.717) is 0 Å². The Morgan fingerprint density at radius 3 is 2.78 bits per heavy atom. The molecule has 1 aromatic rings. The number of nitro groups is 1. The van der Waals surface area contributed by atoms with Gasteiger partial charge in [0.25, 0.3) is 0 Å². The van der Waals surface area contributed by atoms with Crippen molar-refractivity contribution >= 4 is 11.5 Å². The lowest BCUT2D eigenvalue weighted by atomic mass is 10.3. The molecule has 0 aliphatic rings. The van der Waals surface area contributed by atoms with Gasteiger partial charge in [-0.25, -0.2) is 0 Å². The molecule has 0 bridgehead atoms. The van der Waals surface area contributed by atoms with Crippen molar-refractivity contribution in [2.75, 3.05) is 32.2 Å². The first-order valence-electron chi connectivity index (χ1n) is 5.19. The summed E-state index contributed by atoms with van der Waals surface area (Å²) in [4.78, 5) is 15.7. The Labute approximate surface area is 104 Å². The van der Waals surface area contributed by atoms with Crippen LogP contribution in [-0.4, -0.2) is 53.5 Å². The topological polar surface area (TPSA) is 109 Å². The van der Waals surface area contributed by atoms with Crippen molar-refractivity contribution in [1.29, 1.82) is 0 Å². The van der Waals surface area contributed by atoms with E-state index in [1.807, 2.05) is 0 Å². The number of hydrogen-bond donors (Lipinski definition) is 2. The molecule has 0 fully saturated rings. The molecule has 0 saturated carbocycles. The highest BCUT2D eigenvalue weighted by molar-refractivity contribution is 5.58. The minimum Gasteiger partial charge on any atom is -0.481 e. The van der Waals surface area contributed by atoms with E-state index in [1.54, 1.807) is 0 Å². The van der Waals surface area contributed by atoms with Crippen LogP contribution in [0.1, 0.15) is 0 Å². The van der Waals surface area contributed by atoms with E-state index >= 15 is 0 Å². The van der Waals surface area contributed by atoms with Gasteiger partial charge in [0.2, 0.25) is 11.7 Å². The minimum absolute atomic E-state index is 0.0253. The van der Waals surface area contributed by atoms with Gasteiger partial charge in [0, 0.05) is 25.7 Å². The van der Waals surface area contributed by atoms with Crippen LogP contribution in [0.3, 0.4) is 0 Å². The SMILES string of the molecule is COc1ccc([N+](=O)[O-])c(N(C)CC(O)CO)n1. The molecule has 100 valence electrons. The van der Waals surface area contributed by atoms with Crippen LogP contribution in [0, 0.1) is 10.1 Å². The van der Waals surface area contributed by atoms with Crippen molar-refractivity contribution in [3.8, 4) is 5.88 Å². The highest BCUT2D eigenvalue weighted by Crippen LogP contribution is 2.27. The third kappa shape index (κ3) is 3.28. The smallest absolute Gasteiger partial charge is 0.311 e. The number of ether oxygens (including phenoxy) is 1. The minimum atomic E-state index is -0.998. The van der Waals surface area contributed by atoms with E-state index < -0.39 is 17.6 Å². The quantitative estimate of drug-likeness (QED) is 0.536. The number of aliphatic hydroxyl groups excluding tert-OH is 2. The van der Waals surface area contributed by atoms with Crippen LogP contribution in [0.15, 0.2) is 12.1 Å². The van der Waals surface area contributed by atoms with E-state index in [2.05, 4.69) is 4.98 Å². The summed E-state index contributed by atoms with van der Waals surface area (Å²) < 4.78 is 4.90. The first-order chi connectivity index (χ1) is 8.49. The number of rotatable bonds is 6. The number of aliphatic hydroxyl groups is 2. The Morgan fingerprint density at radius 2 is 2.28 bits per heavy atom. The average molecular weight is 257 g/mol. The highest BCUT2D eigenvalue weighted by Gasteiger charge is 2.21. The van der Waals surface area contributed by atoms with Gasteiger partial charge in [-0.3, -0.25) is 10.1 Å². The number of anilines is 1. The zero-order chi connectivity index (χ0) is 13.7. The number of aromatic nitrogens is 1. The van der Waals surface area contributed by atoms with Crippen molar-refractivity contribution in [3.63, 3.8) is 0 Å². The first kappa shape index (κ1) is 14.1. The second kappa shape index (κ2) is 6.12. The predicted molar refractivity (Wildman–Crippen MR) is 63.8 cm³/mol. The molecular formula is C10H15N3O5. The molecule has 8 heteroatoms. The van der Waals surface area contributed by atoms with Gasteiger partial charge in [-0.1, -0.05) is 0 Å². The number of hydrogen-bond acceptors (Lipinski definition) is 7. The molecule has 1 heterocycles. The Morgan fingerprint density at radius 1 is 1.61 bits per heavy atom. The van der Waals surface area contributed by atoms with Crippen LogP contribution < -0.4 is 9.64 Å². The maximum absolute atomic E-state index is 10.9. The lowest BCUT2D eigenvalue weighted by Crippen LogP contribution is -2.32. The molecule has 0 aromatic carbocycles. The summed E-state index contributed by atoms with van der Waals surface area (Å²) in [7, 11) is 2.94. The second-order valence-corrected chi connectivity index (χ2v) is 3.67. The molecule has 8 nitrogen and oxygen atoms in total. The average Bonchev–Trinajstić information content (AvgIpc) is 2.37. The third-order valence-corrected chi connectivity index (χ3v) is 2.29. The van der Waals surface area contributed by atoms with Crippen molar-refractivity contribution in [1.82, 2.24) is 4.98 Å². The fourth-order valence-electron chi connectivity index (χ4n) is 1.42. The maximum Gasteiger partial charge on any atom is 0.311 e. The molecule has 0 aliphatic carbocycles. The van der Waals surface area contributed by atoms with Crippen LogP contribution in [-0.2, 0) is 0 Å². The molecule has 0 spiro atoms. The lowest BCUT2D eigenvalue weighted by molar-refractivity contribution is -0.384. The van der Waals surface area contributed by atoms with Gasteiger partial charge >= 0.3 is 5.69 Å². The second-order valence-electron chi connectivity index (χ2n) is 3.67. The van der Waals surface area contributed by atoms with Gasteiger partial charge in [0.15, 0.2) is 0 Å². The fourth-order valence-corrected chi connectivity index (χ4v) is 1.42. The third-order valence-electron chi connectivity index (χ3n) is 2.29. The highest BCUT2D eigenvalue weighted by atomic mass is 16.6. The monoisotopic (exact) mass is 257 g/mol. The summed E-state index contributed by atoms with van der Waals surface area (Å²) in [6.07, 6.45) is -0.998. The van der Waals surface area contributed by atoms with E-state index in [0.717, 1.165) is 0 Å². The number of nitrogens with zero attached hydrogens (tertiary/aromatic N) is 3. The van der Waals surface area contributed by atoms with E-state index in [-0.39, 0.29) is 23.9 Å². The predicted octanol–water partition coefficient (Wildman–Crippen LogP) is -0.212. The lowest BCUT2D eigenvalue weighted by Gasteiger charge is -2.20. The van der Waals surface area contributed by atoms with Gasteiger partial charge < -0.3 is 19.8 Å². The molecule has 1 atom stereocenters. The van der Waals surface area contributed by atoms with Crippen molar-refractivity contribution in [2.24, 2.45) is 0 Å². The van der Waals surface area contributed by atoms with Gasteiger partial charge in [-0.05, 0) is 0 Å².